The standard InChI is InChI=1S/C24H26FN7OS/c1-3-32-23(12-20(31-32)17-8-9-27-22(11-17)26-2)30-24(33)21(28-13-19-14-34-15-29-19)10-16-4-6-18(25)7-5-16/h4-9,11-12,14-15,21,28H,3,10,13H2,1-2H3,(H,26,27)(H,30,33)/t21-/m0/s1. The number of benzene rings is 1. The average Bonchev–Trinajstić information content (AvgIpc) is 3.53. The highest BCUT2D eigenvalue weighted by Crippen LogP contribution is 2.24. The molecule has 1 atom stereocenters. The van der Waals surface area contributed by atoms with Crippen LogP contribution >= 0.6 is 11.3 Å². The number of nitrogens with one attached hydrogen (secondary N) is 3. The maximum absolute atomic E-state index is 13.4. The van der Waals surface area contributed by atoms with Crippen LogP contribution in [0.2, 0.25) is 0 Å². The third-order valence-corrected chi connectivity index (χ3v) is 5.96. The number of aryl methyl sites for hydroxylation is 1. The summed E-state index contributed by atoms with van der Waals surface area (Å²) >= 11 is 1.50. The summed E-state index contributed by atoms with van der Waals surface area (Å²) in [6.45, 7) is 3.01. The topological polar surface area (TPSA) is 96.8 Å². The Bertz CT molecular complexity index is 1220. The number of hydrogen-bond acceptors (Lipinski definition) is 7. The van der Waals surface area contributed by atoms with Crippen LogP contribution in [0.5, 0.6) is 0 Å². The molecule has 0 fully saturated rings. The lowest BCUT2D eigenvalue weighted by molar-refractivity contribution is -0.118. The van der Waals surface area contributed by atoms with Gasteiger partial charge >= 0.3 is 0 Å². The Morgan fingerprint density at radius 3 is 2.71 bits per heavy atom. The first kappa shape index (κ1) is 23.5. The van der Waals surface area contributed by atoms with Crippen LogP contribution in [-0.4, -0.2) is 38.7 Å². The minimum atomic E-state index is -0.548. The third-order valence-electron chi connectivity index (χ3n) is 5.33. The van der Waals surface area contributed by atoms with Gasteiger partial charge in [0.25, 0.3) is 0 Å². The molecule has 176 valence electrons. The fourth-order valence-corrected chi connectivity index (χ4v) is 4.06. The molecule has 8 nitrogen and oxygen atoms in total. The summed E-state index contributed by atoms with van der Waals surface area (Å²) < 4.78 is 15.1. The van der Waals surface area contributed by atoms with Gasteiger partial charge in [-0.25, -0.2) is 19.0 Å². The van der Waals surface area contributed by atoms with E-state index in [2.05, 4.69) is 31.0 Å². The number of hydrogen-bond donors (Lipinski definition) is 3. The summed E-state index contributed by atoms with van der Waals surface area (Å²) in [5.41, 5.74) is 5.11. The van der Waals surface area contributed by atoms with E-state index in [9.17, 15) is 9.18 Å². The van der Waals surface area contributed by atoms with E-state index in [1.54, 1.807) is 28.5 Å². The number of halogens is 1. The van der Waals surface area contributed by atoms with Crippen molar-refractivity contribution in [1.82, 2.24) is 25.1 Å². The van der Waals surface area contributed by atoms with Crippen molar-refractivity contribution in [1.29, 1.82) is 0 Å². The van der Waals surface area contributed by atoms with Crippen molar-refractivity contribution in [2.75, 3.05) is 17.7 Å². The Balaban J connectivity index is 1.54. The van der Waals surface area contributed by atoms with E-state index in [4.69, 9.17) is 0 Å². The molecule has 0 saturated heterocycles. The highest BCUT2D eigenvalue weighted by atomic mass is 32.1. The van der Waals surface area contributed by atoms with Gasteiger partial charge in [-0.2, -0.15) is 5.10 Å². The van der Waals surface area contributed by atoms with Gasteiger partial charge in [-0.3, -0.25) is 10.1 Å². The first-order valence-corrected chi connectivity index (χ1v) is 11.9. The number of nitrogens with zero attached hydrogens (tertiary/aromatic N) is 4. The molecule has 0 aliphatic rings. The van der Waals surface area contributed by atoms with E-state index in [1.807, 2.05) is 37.6 Å². The lowest BCUT2D eigenvalue weighted by Crippen LogP contribution is -2.42. The van der Waals surface area contributed by atoms with Crippen LogP contribution in [0, 0.1) is 5.82 Å². The lowest BCUT2D eigenvalue weighted by Gasteiger charge is -2.18. The van der Waals surface area contributed by atoms with Gasteiger partial charge in [0, 0.05) is 43.3 Å². The van der Waals surface area contributed by atoms with Gasteiger partial charge in [0.1, 0.15) is 17.5 Å². The molecule has 10 heteroatoms. The first-order chi connectivity index (χ1) is 16.6. The molecular formula is C24H26FN7OS. The summed E-state index contributed by atoms with van der Waals surface area (Å²) in [5.74, 6) is 0.827. The Hall–Kier alpha value is -3.63. The zero-order valence-electron chi connectivity index (χ0n) is 19.0. The average molecular weight is 480 g/mol. The van der Waals surface area contributed by atoms with Gasteiger partial charge in [-0.1, -0.05) is 12.1 Å². The lowest BCUT2D eigenvalue weighted by atomic mass is 10.0. The summed E-state index contributed by atoms with van der Waals surface area (Å²) in [7, 11) is 1.81. The molecule has 0 unspecified atom stereocenters. The van der Waals surface area contributed by atoms with Gasteiger partial charge in [0.05, 0.1) is 22.9 Å². The fraction of sp³-hybridized carbons (Fsp3) is 0.250. The summed E-state index contributed by atoms with van der Waals surface area (Å²) in [6, 6.07) is 11.3. The molecule has 1 amide bonds. The predicted molar refractivity (Wildman–Crippen MR) is 132 cm³/mol. The largest absolute Gasteiger partial charge is 0.373 e. The second-order valence-corrected chi connectivity index (χ2v) is 8.36. The van der Waals surface area contributed by atoms with Crippen molar-refractivity contribution in [2.45, 2.75) is 32.5 Å². The number of anilines is 2. The normalized spacial score (nSPS) is 11.9. The van der Waals surface area contributed by atoms with Crippen LogP contribution < -0.4 is 16.0 Å². The molecule has 4 rings (SSSR count). The molecule has 1 aromatic carbocycles. The molecule has 4 aromatic rings. The molecule has 0 radical (unpaired) electrons. The maximum Gasteiger partial charge on any atom is 0.243 e. The van der Waals surface area contributed by atoms with E-state index in [-0.39, 0.29) is 11.7 Å². The Morgan fingerprint density at radius 2 is 2.00 bits per heavy atom. The Morgan fingerprint density at radius 1 is 1.18 bits per heavy atom. The SMILES string of the molecule is CCn1nc(-c2ccnc(NC)c2)cc1NC(=O)[C@H](Cc1ccc(F)cc1)NCc1cscn1. The monoisotopic (exact) mass is 479 g/mol. The second-order valence-electron chi connectivity index (χ2n) is 7.64. The second kappa shape index (κ2) is 11.0. The smallest absolute Gasteiger partial charge is 0.243 e. The molecule has 0 aliphatic carbocycles. The van der Waals surface area contributed by atoms with Crippen LogP contribution in [0.15, 0.2) is 59.6 Å². The fourth-order valence-electron chi connectivity index (χ4n) is 3.51. The number of rotatable bonds is 10. The van der Waals surface area contributed by atoms with Crippen molar-refractivity contribution in [3.8, 4) is 11.3 Å². The number of carbonyl (C=O) groups excluding carboxylic acids is 1. The quantitative estimate of drug-likeness (QED) is 0.319. The molecule has 0 bridgehead atoms. The molecule has 0 spiro atoms. The number of pyridine rings is 1. The highest BCUT2D eigenvalue weighted by Gasteiger charge is 2.21. The van der Waals surface area contributed by atoms with Gasteiger partial charge in [-0.15, -0.1) is 11.3 Å². The van der Waals surface area contributed by atoms with Gasteiger partial charge in [-0.05, 0) is 43.2 Å². The summed E-state index contributed by atoms with van der Waals surface area (Å²) in [5, 5.41) is 15.9. The van der Waals surface area contributed by atoms with Crippen molar-refractivity contribution >= 4 is 28.9 Å². The molecule has 3 heterocycles. The summed E-state index contributed by atoms with van der Waals surface area (Å²) in [6.07, 6.45) is 2.12. The Kier molecular flexibility index (Phi) is 7.61. The molecule has 34 heavy (non-hydrogen) atoms. The molecule has 0 aliphatic heterocycles. The third kappa shape index (κ3) is 5.83. The number of amides is 1. The van der Waals surface area contributed by atoms with Crippen LogP contribution in [0.4, 0.5) is 16.0 Å². The van der Waals surface area contributed by atoms with Gasteiger partial charge < -0.3 is 10.6 Å². The van der Waals surface area contributed by atoms with Crippen molar-refractivity contribution in [2.24, 2.45) is 0 Å². The molecule has 0 saturated carbocycles. The maximum atomic E-state index is 13.4. The van der Waals surface area contributed by atoms with Crippen LogP contribution in [0.25, 0.3) is 11.3 Å². The van der Waals surface area contributed by atoms with Crippen LogP contribution in [0.1, 0.15) is 18.2 Å². The van der Waals surface area contributed by atoms with Crippen molar-refractivity contribution in [3.05, 3.63) is 76.6 Å². The molecule has 3 aromatic heterocycles. The first-order valence-electron chi connectivity index (χ1n) is 10.9. The minimum Gasteiger partial charge on any atom is -0.373 e. The van der Waals surface area contributed by atoms with E-state index in [0.717, 1.165) is 28.3 Å². The zero-order chi connectivity index (χ0) is 23.9. The number of thiazole rings is 1. The van der Waals surface area contributed by atoms with Crippen LogP contribution in [-0.2, 0) is 24.3 Å². The van der Waals surface area contributed by atoms with Crippen LogP contribution in [0.3, 0.4) is 0 Å². The highest BCUT2D eigenvalue weighted by molar-refractivity contribution is 7.07. The number of carbonyl (C=O) groups is 1. The van der Waals surface area contributed by atoms with E-state index in [0.29, 0.717) is 25.3 Å². The Labute approximate surface area is 201 Å². The number of aromatic nitrogens is 4. The van der Waals surface area contributed by atoms with Gasteiger partial charge in [0.2, 0.25) is 5.91 Å². The van der Waals surface area contributed by atoms with E-state index < -0.39 is 6.04 Å². The molecule has 3 N–H and O–H groups in total. The van der Waals surface area contributed by atoms with E-state index >= 15 is 0 Å². The van der Waals surface area contributed by atoms with E-state index in [1.165, 1.54) is 23.5 Å². The minimum absolute atomic E-state index is 0.202. The van der Waals surface area contributed by atoms with Crippen molar-refractivity contribution < 1.29 is 9.18 Å². The predicted octanol–water partition coefficient (Wildman–Crippen LogP) is 3.94. The van der Waals surface area contributed by atoms with Crippen molar-refractivity contribution in [3.63, 3.8) is 0 Å². The zero-order valence-corrected chi connectivity index (χ0v) is 19.8. The summed E-state index contributed by atoms with van der Waals surface area (Å²) in [4.78, 5) is 21.8. The molecular weight excluding hydrogens is 453 g/mol. The van der Waals surface area contributed by atoms with Gasteiger partial charge in [0.15, 0.2) is 0 Å².